The summed E-state index contributed by atoms with van der Waals surface area (Å²) in [5.74, 6) is -0.483. The molecule has 0 bridgehead atoms. The molecule has 0 atom stereocenters. The molecule has 1 aliphatic heterocycles. The molecule has 1 saturated heterocycles. The summed E-state index contributed by atoms with van der Waals surface area (Å²) in [5.41, 5.74) is 0.872. The van der Waals surface area contributed by atoms with Crippen molar-refractivity contribution in [1.82, 2.24) is 4.90 Å². The third kappa shape index (κ3) is 2.92. The Kier molecular flexibility index (Phi) is 3.83. The highest BCUT2D eigenvalue weighted by molar-refractivity contribution is 5.94. The highest BCUT2D eigenvalue weighted by Gasteiger charge is 2.21. The van der Waals surface area contributed by atoms with Gasteiger partial charge < -0.3 is 9.80 Å². The highest BCUT2D eigenvalue weighted by atomic mass is 19.1. The second-order valence-corrected chi connectivity index (χ2v) is 4.72. The quantitative estimate of drug-likeness (QED) is 0.763. The molecule has 0 radical (unpaired) electrons. The Labute approximate surface area is 111 Å². The molecule has 0 aliphatic carbocycles. The molecule has 5 heteroatoms. The summed E-state index contributed by atoms with van der Waals surface area (Å²) in [6.45, 7) is 5.37. The number of benzene rings is 1. The van der Waals surface area contributed by atoms with Gasteiger partial charge in [0.25, 0.3) is 0 Å². The van der Waals surface area contributed by atoms with Crippen LogP contribution < -0.4 is 4.90 Å². The van der Waals surface area contributed by atoms with E-state index in [0.717, 1.165) is 0 Å². The average Bonchev–Trinajstić information content (AvgIpc) is 2.38. The largest absolute Gasteiger partial charge is 0.366 e. The van der Waals surface area contributed by atoms with Gasteiger partial charge in [-0.15, -0.1) is 0 Å². The van der Waals surface area contributed by atoms with Gasteiger partial charge in [-0.3, -0.25) is 9.59 Å². The van der Waals surface area contributed by atoms with Crippen molar-refractivity contribution in [2.24, 2.45) is 0 Å². The normalized spacial score (nSPS) is 15.5. The number of hydrogen-bond acceptors (Lipinski definition) is 3. The van der Waals surface area contributed by atoms with E-state index in [1.807, 2.05) is 4.90 Å². The van der Waals surface area contributed by atoms with E-state index in [9.17, 15) is 14.0 Å². The van der Waals surface area contributed by atoms with E-state index >= 15 is 0 Å². The minimum absolute atomic E-state index is 0.0482. The number of halogens is 1. The zero-order valence-electron chi connectivity index (χ0n) is 11.1. The molecule has 4 nitrogen and oxygen atoms in total. The molecule has 19 heavy (non-hydrogen) atoms. The predicted octanol–water partition coefficient (Wildman–Crippen LogP) is 1.70. The molecule has 1 aliphatic rings. The Bertz CT molecular complexity index is 508. The summed E-state index contributed by atoms with van der Waals surface area (Å²) in [7, 11) is 0. The van der Waals surface area contributed by atoms with Crippen LogP contribution in [0.25, 0.3) is 0 Å². The number of Topliss-reactive ketones (excluding diaryl/α,β-unsaturated/α-hetero) is 1. The van der Waals surface area contributed by atoms with Crippen LogP contribution in [0, 0.1) is 5.82 Å². The Balaban J connectivity index is 2.11. The molecule has 2 rings (SSSR count). The molecule has 1 fully saturated rings. The first kappa shape index (κ1) is 13.5. The fourth-order valence-corrected chi connectivity index (χ4v) is 2.24. The minimum atomic E-state index is -0.385. The summed E-state index contributed by atoms with van der Waals surface area (Å²) in [5, 5.41) is 0. The summed E-state index contributed by atoms with van der Waals surface area (Å²) in [6.07, 6.45) is 0. The molecule has 1 amide bonds. The molecular weight excluding hydrogens is 247 g/mol. The zero-order chi connectivity index (χ0) is 14.0. The lowest BCUT2D eigenvalue weighted by Crippen LogP contribution is -2.48. The maximum Gasteiger partial charge on any atom is 0.219 e. The van der Waals surface area contributed by atoms with Crippen molar-refractivity contribution >= 4 is 17.4 Å². The Hall–Kier alpha value is -1.91. The molecule has 0 saturated carbocycles. The van der Waals surface area contributed by atoms with Crippen LogP contribution in [0.15, 0.2) is 18.2 Å². The standard InChI is InChI=1S/C14H17FN2O2/c1-10(18)12-3-4-14(13(15)9-12)17-7-5-16(6-8-17)11(2)19/h3-4,9H,5-8H2,1-2H3. The SMILES string of the molecule is CC(=O)c1ccc(N2CCN(C(C)=O)CC2)c(F)c1. The van der Waals surface area contributed by atoms with Crippen LogP contribution in [-0.4, -0.2) is 42.8 Å². The number of anilines is 1. The van der Waals surface area contributed by atoms with Gasteiger partial charge in [-0.1, -0.05) is 0 Å². The van der Waals surface area contributed by atoms with Crippen LogP contribution in [0.3, 0.4) is 0 Å². The number of carbonyl (C=O) groups is 2. The first-order valence-electron chi connectivity index (χ1n) is 6.30. The minimum Gasteiger partial charge on any atom is -0.366 e. The summed E-state index contributed by atoms with van der Waals surface area (Å²) in [4.78, 5) is 26.1. The molecule has 0 aromatic heterocycles. The van der Waals surface area contributed by atoms with E-state index in [4.69, 9.17) is 0 Å². The number of ketones is 1. The Morgan fingerprint density at radius 3 is 2.21 bits per heavy atom. The maximum atomic E-state index is 14.0. The van der Waals surface area contributed by atoms with Gasteiger partial charge in [-0.05, 0) is 25.1 Å². The van der Waals surface area contributed by atoms with Gasteiger partial charge >= 0.3 is 0 Å². The van der Waals surface area contributed by atoms with E-state index < -0.39 is 0 Å². The Morgan fingerprint density at radius 2 is 1.74 bits per heavy atom. The molecule has 1 aromatic rings. The third-order valence-corrected chi connectivity index (χ3v) is 3.42. The van der Waals surface area contributed by atoms with E-state index in [0.29, 0.717) is 37.4 Å². The van der Waals surface area contributed by atoms with E-state index in [1.54, 1.807) is 17.0 Å². The maximum absolute atomic E-state index is 14.0. The van der Waals surface area contributed by atoms with Gasteiger partial charge in [0.1, 0.15) is 5.82 Å². The van der Waals surface area contributed by atoms with Crippen LogP contribution in [0.2, 0.25) is 0 Å². The van der Waals surface area contributed by atoms with Crippen molar-refractivity contribution in [2.45, 2.75) is 13.8 Å². The second kappa shape index (κ2) is 5.38. The fraction of sp³-hybridized carbons (Fsp3) is 0.429. The van der Waals surface area contributed by atoms with Crippen LogP contribution >= 0.6 is 0 Å². The molecule has 1 aromatic carbocycles. The molecule has 0 unspecified atom stereocenters. The van der Waals surface area contributed by atoms with Crippen LogP contribution in [0.1, 0.15) is 24.2 Å². The lowest BCUT2D eigenvalue weighted by molar-refractivity contribution is -0.129. The third-order valence-electron chi connectivity index (χ3n) is 3.42. The van der Waals surface area contributed by atoms with Gasteiger partial charge in [0, 0.05) is 38.7 Å². The van der Waals surface area contributed by atoms with E-state index in [2.05, 4.69) is 0 Å². The number of amides is 1. The average molecular weight is 264 g/mol. The number of carbonyl (C=O) groups excluding carboxylic acids is 2. The summed E-state index contributed by atoms with van der Waals surface area (Å²) in [6, 6.07) is 4.54. The second-order valence-electron chi connectivity index (χ2n) is 4.72. The number of nitrogens with zero attached hydrogens (tertiary/aromatic N) is 2. The van der Waals surface area contributed by atoms with Crippen molar-refractivity contribution in [3.63, 3.8) is 0 Å². The summed E-state index contributed by atoms with van der Waals surface area (Å²) >= 11 is 0. The topological polar surface area (TPSA) is 40.6 Å². The smallest absolute Gasteiger partial charge is 0.219 e. The van der Waals surface area contributed by atoms with Crippen molar-refractivity contribution in [3.05, 3.63) is 29.6 Å². The molecule has 1 heterocycles. The molecule has 0 N–H and O–H groups in total. The molecular formula is C14H17FN2O2. The van der Waals surface area contributed by atoms with Crippen molar-refractivity contribution < 1.29 is 14.0 Å². The number of hydrogen-bond donors (Lipinski definition) is 0. The zero-order valence-corrected chi connectivity index (χ0v) is 11.1. The van der Waals surface area contributed by atoms with Crippen molar-refractivity contribution in [1.29, 1.82) is 0 Å². The van der Waals surface area contributed by atoms with E-state index in [1.165, 1.54) is 19.9 Å². The lowest BCUT2D eigenvalue weighted by atomic mass is 10.1. The number of piperazine rings is 1. The van der Waals surface area contributed by atoms with Gasteiger partial charge in [-0.2, -0.15) is 0 Å². The van der Waals surface area contributed by atoms with E-state index in [-0.39, 0.29) is 17.5 Å². The molecule has 0 spiro atoms. The molecule has 102 valence electrons. The predicted molar refractivity (Wildman–Crippen MR) is 70.9 cm³/mol. The van der Waals surface area contributed by atoms with Crippen LogP contribution in [0.5, 0.6) is 0 Å². The summed E-state index contributed by atoms with van der Waals surface area (Å²) < 4.78 is 14.0. The van der Waals surface area contributed by atoms with Crippen LogP contribution in [0.4, 0.5) is 10.1 Å². The fourth-order valence-electron chi connectivity index (χ4n) is 2.24. The van der Waals surface area contributed by atoms with Crippen molar-refractivity contribution in [2.75, 3.05) is 31.1 Å². The van der Waals surface area contributed by atoms with Gasteiger partial charge in [0.05, 0.1) is 5.69 Å². The first-order chi connectivity index (χ1) is 8.99. The van der Waals surface area contributed by atoms with Gasteiger partial charge in [0.15, 0.2) is 5.78 Å². The highest BCUT2D eigenvalue weighted by Crippen LogP contribution is 2.22. The van der Waals surface area contributed by atoms with Crippen molar-refractivity contribution in [3.8, 4) is 0 Å². The first-order valence-corrected chi connectivity index (χ1v) is 6.30. The van der Waals surface area contributed by atoms with Gasteiger partial charge in [-0.25, -0.2) is 4.39 Å². The number of rotatable bonds is 2. The monoisotopic (exact) mass is 264 g/mol. The Morgan fingerprint density at radius 1 is 1.11 bits per heavy atom. The van der Waals surface area contributed by atoms with Crippen LogP contribution in [-0.2, 0) is 4.79 Å². The van der Waals surface area contributed by atoms with Gasteiger partial charge in [0.2, 0.25) is 5.91 Å². The lowest BCUT2D eigenvalue weighted by Gasteiger charge is -2.35.